The summed E-state index contributed by atoms with van der Waals surface area (Å²) in [6.45, 7) is 6.09. The highest BCUT2D eigenvalue weighted by Gasteiger charge is 2.16. The number of halogens is 1. The van der Waals surface area contributed by atoms with Crippen molar-refractivity contribution in [3.8, 4) is 0 Å². The highest BCUT2D eigenvalue weighted by molar-refractivity contribution is 9.10. The summed E-state index contributed by atoms with van der Waals surface area (Å²) in [5.41, 5.74) is 10.9. The van der Waals surface area contributed by atoms with E-state index in [1.165, 1.54) is 11.1 Å². The van der Waals surface area contributed by atoms with E-state index in [1.807, 2.05) is 13.0 Å². The van der Waals surface area contributed by atoms with Crippen LogP contribution in [0, 0.1) is 20.8 Å². The molecule has 0 fully saturated rings. The zero-order valence-corrected chi connectivity index (χ0v) is 11.8. The Hall–Kier alpha value is -1.06. The van der Waals surface area contributed by atoms with Crippen molar-refractivity contribution < 1.29 is 4.42 Å². The molecule has 0 bridgehead atoms. The normalized spacial score (nSPS) is 12.8. The van der Waals surface area contributed by atoms with Gasteiger partial charge in [0.2, 0.25) is 0 Å². The maximum atomic E-state index is 6.31. The van der Waals surface area contributed by atoms with Crippen LogP contribution in [0.25, 0.3) is 0 Å². The first-order chi connectivity index (χ1) is 8.00. The minimum absolute atomic E-state index is 0.124. The van der Waals surface area contributed by atoms with Gasteiger partial charge in [-0.2, -0.15) is 0 Å². The Balaban J connectivity index is 2.48. The maximum absolute atomic E-state index is 6.31. The Morgan fingerprint density at radius 3 is 2.41 bits per heavy atom. The lowest BCUT2D eigenvalue weighted by Crippen LogP contribution is -2.13. The van der Waals surface area contributed by atoms with Gasteiger partial charge >= 0.3 is 0 Å². The Morgan fingerprint density at radius 2 is 1.82 bits per heavy atom. The summed E-state index contributed by atoms with van der Waals surface area (Å²) in [6.07, 6.45) is 1.69. The predicted molar refractivity (Wildman–Crippen MR) is 73.1 cm³/mol. The standard InChI is InChI=1S/C14H16BrNO/c1-8-7-13(15)9(2)6-12(8)14(16)11-4-5-17-10(11)3/h4-7,14H,16H2,1-3H3. The van der Waals surface area contributed by atoms with Crippen molar-refractivity contribution in [1.29, 1.82) is 0 Å². The van der Waals surface area contributed by atoms with E-state index in [2.05, 4.69) is 41.9 Å². The summed E-state index contributed by atoms with van der Waals surface area (Å²) < 4.78 is 6.43. The summed E-state index contributed by atoms with van der Waals surface area (Å²) >= 11 is 3.53. The van der Waals surface area contributed by atoms with Crippen molar-refractivity contribution >= 4 is 15.9 Å². The molecule has 0 spiro atoms. The molecular formula is C14H16BrNO. The molecule has 0 aliphatic rings. The quantitative estimate of drug-likeness (QED) is 0.908. The smallest absolute Gasteiger partial charge is 0.105 e. The number of hydrogen-bond acceptors (Lipinski definition) is 2. The fraction of sp³-hybridized carbons (Fsp3) is 0.286. The van der Waals surface area contributed by atoms with Gasteiger partial charge in [0.25, 0.3) is 0 Å². The highest BCUT2D eigenvalue weighted by Crippen LogP contribution is 2.29. The van der Waals surface area contributed by atoms with Crippen molar-refractivity contribution in [3.05, 3.63) is 56.9 Å². The lowest BCUT2D eigenvalue weighted by atomic mass is 9.94. The van der Waals surface area contributed by atoms with Crippen LogP contribution in [0.4, 0.5) is 0 Å². The van der Waals surface area contributed by atoms with Gasteiger partial charge < -0.3 is 10.2 Å². The molecule has 0 radical (unpaired) electrons. The molecular weight excluding hydrogens is 278 g/mol. The van der Waals surface area contributed by atoms with E-state index in [4.69, 9.17) is 10.2 Å². The second-order valence-corrected chi connectivity index (χ2v) is 5.22. The average Bonchev–Trinajstić information content (AvgIpc) is 2.69. The van der Waals surface area contributed by atoms with E-state index in [9.17, 15) is 0 Å². The van der Waals surface area contributed by atoms with Gasteiger partial charge in [0, 0.05) is 10.0 Å². The predicted octanol–water partition coefficient (Wildman–Crippen LogP) is 4.02. The van der Waals surface area contributed by atoms with E-state index in [-0.39, 0.29) is 6.04 Å². The maximum Gasteiger partial charge on any atom is 0.105 e. The van der Waals surface area contributed by atoms with Gasteiger partial charge in [-0.15, -0.1) is 0 Å². The first-order valence-corrected chi connectivity index (χ1v) is 6.36. The van der Waals surface area contributed by atoms with Crippen LogP contribution in [0.15, 0.2) is 33.4 Å². The molecule has 0 aliphatic heterocycles. The Bertz CT molecular complexity index is 545. The largest absolute Gasteiger partial charge is 0.469 e. The molecule has 2 rings (SSSR count). The zero-order chi connectivity index (χ0) is 12.6. The van der Waals surface area contributed by atoms with E-state index in [0.29, 0.717) is 0 Å². The van der Waals surface area contributed by atoms with Gasteiger partial charge in [0.15, 0.2) is 0 Å². The summed E-state index contributed by atoms with van der Waals surface area (Å²) in [7, 11) is 0. The van der Waals surface area contributed by atoms with Gasteiger partial charge in [-0.3, -0.25) is 0 Å². The van der Waals surface area contributed by atoms with Crippen molar-refractivity contribution in [2.24, 2.45) is 5.73 Å². The third kappa shape index (κ3) is 2.31. The molecule has 1 unspecified atom stereocenters. The van der Waals surface area contributed by atoms with Crippen LogP contribution in [0.5, 0.6) is 0 Å². The molecule has 2 aromatic rings. The minimum atomic E-state index is -0.124. The number of benzene rings is 1. The van der Waals surface area contributed by atoms with Crippen LogP contribution in [-0.2, 0) is 0 Å². The van der Waals surface area contributed by atoms with Crippen molar-refractivity contribution in [2.75, 3.05) is 0 Å². The van der Waals surface area contributed by atoms with E-state index >= 15 is 0 Å². The van der Waals surface area contributed by atoms with Crippen LogP contribution in [0.2, 0.25) is 0 Å². The third-order valence-corrected chi connectivity index (χ3v) is 3.97. The Labute approximate surface area is 110 Å². The molecule has 2 N–H and O–H groups in total. The highest BCUT2D eigenvalue weighted by atomic mass is 79.9. The molecule has 0 aliphatic carbocycles. The second kappa shape index (κ2) is 4.67. The number of rotatable bonds is 2. The van der Waals surface area contributed by atoms with Gasteiger partial charge in [-0.1, -0.05) is 22.0 Å². The number of nitrogens with two attached hydrogens (primary N) is 1. The molecule has 0 saturated carbocycles. The lowest BCUT2D eigenvalue weighted by Gasteiger charge is -2.16. The van der Waals surface area contributed by atoms with Gasteiger partial charge in [0.1, 0.15) is 5.76 Å². The summed E-state index contributed by atoms with van der Waals surface area (Å²) in [5.74, 6) is 0.887. The van der Waals surface area contributed by atoms with Crippen molar-refractivity contribution in [3.63, 3.8) is 0 Å². The number of furan rings is 1. The molecule has 90 valence electrons. The zero-order valence-electron chi connectivity index (χ0n) is 10.3. The summed E-state index contributed by atoms with van der Waals surface area (Å²) in [6, 6.07) is 6.06. The average molecular weight is 294 g/mol. The Morgan fingerprint density at radius 1 is 1.12 bits per heavy atom. The van der Waals surface area contributed by atoms with Crippen molar-refractivity contribution in [1.82, 2.24) is 0 Å². The molecule has 1 aromatic heterocycles. The van der Waals surface area contributed by atoms with Gasteiger partial charge in [-0.25, -0.2) is 0 Å². The van der Waals surface area contributed by atoms with E-state index in [1.54, 1.807) is 6.26 Å². The topological polar surface area (TPSA) is 39.2 Å². The van der Waals surface area contributed by atoms with Crippen LogP contribution < -0.4 is 5.73 Å². The molecule has 2 nitrogen and oxygen atoms in total. The molecule has 17 heavy (non-hydrogen) atoms. The third-order valence-electron chi connectivity index (χ3n) is 3.12. The van der Waals surface area contributed by atoms with Crippen LogP contribution in [-0.4, -0.2) is 0 Å². The first kappa shape index (κ1) is 12.4. The summed E-state index contributed by atoms with van der Waals surface area (Å²) in [5, 5.41) is 0. The summed E-state index contributed by atoms with van der Waals surface area (Å²) in [4.78, 5) is 0. The molecule has 3 heteroatoms. The molecule has 1 atom stereocenters. The fourth-order valence-corrected chi connectivity index (χ4v) is 2.48. The Kier molecular flexibility index (Phi) is 3.40. The van der Waals surface area contributed by atoms with Crippen LogP contribution in [0.3, 0.4) is 0 Å². The molecule has 1 heterocycles. The van der Waals surface area contributed by atoms with Crippen LogP contribution >= 0.6 is 15.9 Å². The second-order valence-electron chi connectivity index (χ2n) is 4.37. The monoisotopic (exact) mass is 293 g/mol. The number of aryl methyl sites for hydroxylation is 3. The number of hydrogen-bond donors (Lipinski definition) is 1. The molecule has 0 amide bonds. The molecule has 0 saturated heterocycles. The van der Waals surface area contributed by atoms with E-state index < -0.39 is 0 Å². The SMILES string of the molecule is Cc1cc(C(N)c2ccoc2C)c(C)cc1Br. The van der Waals surface area contributed by atoms with Crippen molar-refractivity contribution in [2.45, 2.75) is 26.8 Å². The fourth-order valence-electron chi connectivity index (χ4n) is 2.02. The van der Waals surface area contributed by atoms with Gasteiger partial charge in [-0.05, 0) is 49.6 Å². The van der Waals surface area contributed by atoms with E-state index in [0.717, 1.165) is 21.4 Å². The first-order valence-electron chi connectivity index (χ1n) is 5.57. The van der Waals surface area contributed by atoms with Gasteiger partial charge in [0.05, 0.1) is 12.3 Å². The lowest BCUT2D eigenvalue weighted by molar-refractivity contribution is 0.527. The van der Waals surface area contributed by atoms with Crippen LogP contribution in [0.1, 0.15) is 34.1 Å². The minimum Gasteiger partial charge on any atom is -0.469 e. The molecule has 1 aromatic carbocycles.